The van der Waals surface area contributed by atoms with Crippen LogP contribution in [0.3, 0.4) is 0 Å². The normalized spacial score (nSPS) is 19.3. The van der Waals surface area contributed by atoms with E-state index in [4.69, 9.17) is 0 Å². The van der Waals surface area contributed by atoms with Gasteiger partial charge in [0.05, 0.1) is 5.92 Å². The number of rotatable bonds is 5. The molecule has 1 unspecified atom stereocenters. The smallest absolute Gasteiger partial charge is 0.228 e. The topological polar surface area (TPSA) is 82.6 Å². The van der Waals surface area contributed by atoms with Crippen LogP contribution in [0.5, 0.6) is 0 Å². The van der Waals surface area contributed by atoms with E-state index in [-0.39, 0.29) is 36.0 Å². The molecule has 7 nitrogen and oxygen atoms in total. The molecule has 2 aromatic rings. The fourth-order valence-electron chi connectivity index (χ4n) is 4.38. The van der Waals surface area contributed by atoms with Gasteiger partial charge in [0, 0.05) is 61.1 Å². The zero-order valence-electron chi connectivity index (χ0n) is 18.1. The molecule has 3 amide bonds. The Morgan fingerprint density at radius 2 is 1.97 bits per heavy atom. The predicted octanol–water partition coefficient (Wildman–Crippen LogP) is 3.06. The summed E-state index contributed by atoms with van der Waals surface area (Å²) < 4.78 is 0.993. The lowest BCUT2D eigenvalue weighted by atomic mass is 9.94. The molecule has 0 saturated carbocycles. The van der Waals surface area contributed by atoms with Crippen molar-refractivity contribution in [3.63, 3.8) is 0 Å². The average molecular weight is 499 g/mol. The van der Waals surface area contributed by atoms with E-state index in [0.29, 0.717) is 39.0 Å². The number of carbonyl (C=O) groups excluding carboxylic acids is 3. The minimum absolute atomic E-state index is 0.0175. The number of benzene rings is 1. The molecule has 0 radical (unpaired) electrons. The van der Waals surface area contributed by atoms with Gasteiger partial charge in [-0.15, -0.1) is 0 Å². The number of halogens is 1. The van der Waals surface area contributed by atoms with Gasteiger partial charge >= 0.3 is 0 Å². The number of hydrogen-bond acceptors (Lipinski definition) is 4. The van der Waals surface area contributed by atoms with Crippen molar-refractivity contribution in [1.82, 2.24) is 15.2 Å². The third kappa shape index (κ3) is 5.01. The summed E-state index contributed by atoms with van der Waals surface area (Å²) in [6, 6.07) is 9.56. The molecule has 0 spiro atoms. The second-order valence-corrected chi connectivity index (χ2v) is 9.37. The average Bonchev–Trinajstić information content (AvgIpc) is 3.21. The van der Waals surface area contributed by atoms with Gasteiger partial charge in [-0.2, -0.15) is 0 Å². The number of piperidine rings is 1. The molecule has 4 rings (SSSR count). The maximum atomic E-state index is 13.1. The van der Waals surface area contributed by atoms with Crippen LogP contribution >= 0.6 is 15.9 Å². The number of aryl methyl sites for hydroxylation is 1. The highest BCUT2D eigenvalue weighted by molar-refractivity contribution is 9.10. The van der Waals surface area contributed by atoms with Crippen molar-refractivity contribution in [2.45, 2.75) is 32.7 Å². The fourth-order valence-corrected chi connectivity index (χ4v) is 4.62. The van der Waals surface area contributed by atoms with Gasteiger partial charge in [0.2, 0.25) is 17.7 Å². The van der Waals surface area contributed by atoms with Crippen LogP contribution < -0.4 is 10.2 Å². The Hall–Kier alpha value is -2.74. The number of hydrogen-bond donors (Lipinski definition) is 1. The zero-order valence-corrected chi connectivity index (χ0v) is 19.7. The molecule has 32 heavy (non-hydrogen) atoms. The van der Waals surface area contributed by atoms with Gasteiger partial charge in [-0.25, -0.2) is 0 Å². The number of aromatic nitrogens is 1. The van der Waals surface area contributed by atoms with E-state index in [2.05, 4.69) is 26.2 Å². The second kappa shape index (κ2) is 9.81. The number of anilines is 1. The van der Waals surface area contributed by atoms with Crippen molar-refractivity contribution in [2.75, 3.05) is 24.5 Å². The summed E-state index contributed by atoms with van der Waals surface area (Å²) in [7, 11) is 0. The summed E-state index contributed by atoms with van der Waals surface area (Å²) >= 11 is 3.48. The van der Waals surface area contributed by atoms with E-state index >= 15 is 0 Å². The molecule has 0 bridgehead atoms. The van der Waals surface area contributed by atoms with E-state index in [0.717, 1.165) is 21.3 Å². The molecule has 2 aliphatic rings. The Labute approximate surface area is 196 Å². The van der Waals surface area contributed by atoms with Crippen molar-refractivity contribution in [2.24, 2.45) is 11.8 Å². The highest BCUT2D eigenvalue weighted by atomic mass is 79.9. The van der Waals surface area contributed by atoms with E-state index in [1.807, 2.05) is 42.2 Å². The summed E-state index contributed by atoms with van der Waals surface area (Å²) in [5.41, 5.74) is 2.84. The number of carbonyl (C=O) groups is 3. The Kier molecular flexibility index (Phi) is 6.89. The fraction of sp³-hybridized carbons (Fsp3) is 0.417. The van der Waals surface area contributed by atoms with Gasteiger partial charge in [-0.1, -0.05) is 22.0 Å². The molecule has 2 fully saturated rings. The van der Waals surface area contributed by atoms with Gasteiger partial charge in [0.1, 0.15) is 0 Å². The summed E-state index contributed by atoms with van der Waals surface area (Å²) in [5.74, 6) is -0.405. The van der Waals surface area contributed by atoms with Gasteiger partial charge in [0.25, 0.3) is 0 Å². The SMILES string of the molecule is Cc1cc(N2CC(C(=O)N3CCC(C(=O)NCc4cccnc4)CC3)CC2=O)ccc1Br. The minimum atomic E-state index is -0.331. The number of pyridine rings is 1. The highest BCUT2D eigenvalue weighted by Gasteiger charge is 2.38. The summed E-state index contributed by atoms with van der Waals surface area (Å²) in [4.78, 5) is 45.7. The molecule has 1 N–H and O–H groups in total. The lowest BCUT2D eigenvalue weighted by Gasteiger charge is -2.33. The number of nitrogens with zero attached hydrogens (tertiary/aromatic N) is 3. The minimum Gasteiger partial charge on any atom is -0.352 e. The van der Waals surface area contributed by atoms with E-state index in [1.54, 1.807) is 17.3 Å². The van der Waals surface area contributed by atoms with Gasteiger partial charge in [0.15, 0.2) is 0 Å². The first-order valence-corrected chi connectivity index (χ1v) is 11.7. The van der Waals surface area contributed by atoms with Gasteiger partial charge < -0.3 is 15.1 Å². The lowest BCUT2D eigenvalue weighted by molar-refractivity contribution is -0.139. The van der Waals surface area contributed by atoms with Crippen LogP contribution in [-0.2, 0) is 20.9 Å². The van der Waals surface area contributed by atoms with E-state index in [9.17, 15) is 14.4 Å². The first-order chi connectivity index (χ1) is 15.4. The largest absolute Gasteiger partial charge is 0.352 e. The van der Waals surface area contributed by atoms with Crippen LogP contribution in [0.4, 0.5) is 5.69 Å². The molecule has 1 aromatic carbocycles. The summed E-state index contributed by atoms with van der Waals surface area (Å²) in [5, 5.41) is 2.97. The first kappa shape index (κ1) is 22.5. The molecule has 0 aliphatic carbocycles. The monoisotopic (exact) mass is 498 g/mol. The van der Waals surface area contributed by atoms with E-state index < -0.39 is 0 Å². The Balaban J connectivity index is 1.28. The van der Waals surface area contributed by atoms with Crippen LogP contribution in [0.25, 0.3) is 0 Å². The Morgan fingerprint density at radius 1 is 1.19 bits per heavy atom. The summed E-state index contributed by atoms with van der Waals surface area (Å²) in [6.07, 6.45) is 4.96. The summed E-state index contributed by atoms with van der Waals surface area (Å²) in [6.45, 7) is 3.94. The first-order valence-electron chi connectivity index (χ1n) is 10.9. The molecule has 3 heterocycles. The van der Waals surface area contributed by atoms with Crippen LogP contribution in [0, 0.1) is 18.8 Å². The molecule has 2 saturated heterocycles. The van der Waals surface area contributed by atoms with Crippen molar-refractivity contribution in [3.8, 4) is 0 Å². The van der Waals surface area contributed by atoms with Crippen LogP contribution in [-0.4, -0.2) is 47.2 Å². The zero-order chi connectivity index (χ0) is 22.7. The van der Waals surface area contributed by atoms with Gasteiger partial charge in [-0.05, 0) is 55.2 Å². The molecular formula is C24H27BrN4O3. The molecule has 8 heteroatoms. The van der Waals surface area contributed by atoms with Gasteiger partial charge in [-0.3, -0.25) is 19.4 Å². The lowest BCUT2D eigenvalue weighted by Crippen LogP contribution is -2.45. The van der Waals surface area contributed by atoms with Crippen LogP contribution in [0.2, 0.25) is 0 Å². The standard InChI is InChI=1S/C24H27BrN4O3/c1-16-11-20(4-5-21(16)25)29-15-19(12-22(29)30)24(32)28-9-6-18(7-10-28)23(31)27-14-17-3-2-8-26-13-17/h2-5,8,11,13,18-19H,6-7,9-10,12,14-15H2,1H3,(H,27,31). The number of amides is 3. The highest BCUT2D eigenvalue weighted by Crippen LogP contribution is 2.30. The molecule has 1 aromatic heterocycles. The predicted molar refractivity (Wildman–Crippen MR) is 125 cm³/mol. The van der Waals surface area contributed by atoms with E-state index in [1.165, 1.54) is 0 Å². The molecule has 168 valence electrons. The van der Waals surface area contributed by atoms with Crippen molar-refractivity contribution < 1.29 is 14.4 Å². The number of nitrogens with one attached hydrogen (secondary N) is 1. The second-order valence-electron chi connectivity index (χ2n) is 8.52. The quantitative estimate of drug-likeness (QED) is 0.686. The van der Waals surface area contributed by atoms with Crippen molar-refractivity contribution >= 4 is 39.3 Å². The van der Waals surface area contributed by atoms with Crippen molar-refractivity contribution in [1.29, 1.82) is 0 Å². The van der Waals surface area contributed by atoms with Crippen molar-refractivity contribution in [3.05, 3.63) is 58.3 Å². The number of likely N-dealkylation sites (tertiary alicyclic amines) is 1. The van der Waals surface area contributed by atoms with Crippen LogP contribution in [0.1, 0.15) is 30.4 Å². The molecular weight excluding hydrogens is 472 g/mol. The third-order valence-corrected chi connectivity index (χ3v) is 7.18. The Bertz CT molecular complexity index is 1010. The third-order valence-electron chi connectivity index (χ3n) is 6.29. The molecule has 2 aliphatic heterocycles. The molecule has 1 atom stereocenters. The maximum Gasteiger partial charge on any atom is 0.228 e. The van der Waals surface area contributed by atoms with Crippen LogP contribution in [0.15, 0.2) is 47.2 Å². The maximum absolute atomic E-state index is 13.1. The Morgan fingerprint density at radius 3 is 2.66 bits per heavy atom.